The van der Waals surface area contributed by atoms with E-state index in [-0.39, 0.29) is 69.7 Å². The lowest BCUT2D eigenvalue weighted by Crippen LogP contribution is -2.25. The molecule has 0 saturated carbocycles. The summed E-state index contributed by atoms with van der Waals surface area (Å²) in [5.41, 5.74) is 12.0. The molecule has 0 spiro atoms. The number of benzene rings is 7. The molecule has 16 heteroatoms. The average molecular weight is 1480 g/mol. The molecule has 4 amide bonds. The third kappa shape index (κ3) is 34.4. The number of thiophene rings is 1. The van der Waals surface area contributed by atoms with Crippen LogP contribution in [-0.2, 0) is 38.4 Å². The van der Waals surface area contributed by atoms with Crippen molar-refractivity contribution in [2.75, 3.05) is 0 Å². The van der Waals surface area contributed by atoms with Crippen LogP contribution in [0.2, 0.25) is 5.02 Å². The van der Waals surface area contributed by atoms with Crippen LogP contribution in [0.3, 0.4) is 0 Å². The molecule has 0 aliphatic rings. The molecule has 0 aliphatic carbocycles. The maximum atomic E-state index is 12.5. The fraction of sp³-hybridized carbons (Fsp3) is 0.231. The third-order valence-corrected chi connectivity index (χ3v) is 17.2. The molecule has 0 atom stereocenters. The Hall–Kier alpha value is -11.4. The Kier molecular flexibility index (Phi) is 38.6. The van der Waals surface area contributed by atoms with Gasteiger partial charge in [-0.25, -0.2) is 0 Å². The number of nitrogens with one attached hydrogen (secondary N) is 4. The van der Waals surface area contributed by atoms with Gasteiger partial charge in [-0.1, -0.05) is 215 Å². The van der Waals surface area contributed by atoms with E-state index in [9.17, 15) is 48.6 Å². The number of carbonyl (C=O) groups excluding carboxylic acids is 8. The van der Waals surface area contributed by atoms with Crippen LogP contribution in [0, 0.1) is 34.6 Å². The minimum absolute atomic E-state index is 0.0414. The molecule has 8 aromatic rings. The summed E-state index contributed by atoms with van der Waals surface area (Å²) in [6.45, 7) is 17.7. The van der Waals surface area contributed by atoms with Crippen molar-refractivity contribution in [2.45, 2.75) is 139 Å². The number of rotatable bonds is 32. The van der Waals surface area contributed by atoms with E-state index < -0.39 is 0 Å². The number of aryl methyl sites for hydroxylation is 5. The van der Waals surface area contributed by atoms with Gasteiger partial charge in [0.05, 0.1) is 22.8 Å². The Morgan fingerprint density at radius 2 is 0.636 bits per heavy atom. The molecule has 6 N–H and O–H groups in total. The Bertz CT molecular complexity index is 4490. The zero-order valence-electron chi connectivity index (χ0n) is 62.7. The highest BCUT2D eigenvalue weighted by molar-refractivity contribution is 7.10. The normalized spacial score (nSPS) is 11.6. The Morgan fingerprint density at radius 1 is 0.346 bits per heavy atom. The van der Waals surface area contributed by atoms with Crippen LogP contribution in [0.1, 0.15) is 176 Å². The zero-order valence-corrected chi connectivity index (χ0v) is 64.3. The predicted octanol–water partition coefficient (Wildman–Crippen LogP) is 20.1. The number of carbonyl (C=O) groups is 8. The van der Waals surface area contributed by atoms with Crippen molar-refractivity contribution in [2.24, 2.45) is 0 Å². The average Bonchev–Trinajstić information content (AvgIpc) is 0.949. The highest BCUT2D eigenvalue weighted by Gasteiger charge is 2.17. The van der Waals surface area contributed by atoms with E-state index in [2.05, 4.69) is 21.3 Å². The van der Waals surface area contributed by atoms with E-state index in [1.807, 2.05) is 169 Å². The molecular formula is C91H99ClN4O10S. The lowest BCUT2D eigenvalue weighted by Gasteiger charge is -2.08. The number of allylic oxidation sites excluding steroid dienone is 4. The molecule has 8 rings (SSSR count). The van der Waals surface area contributed by atoms with Crippen LogP contribution < -0.4 is 21.3 Å². The SMILES string of the molecule is CCCCC(=O)/C(=C/c1ccc(C)cc1)NC(=O)/C=C/c1ccc(C)cc1.CCCCC(=O)/C(=C/c1ccc(C)cc1)NC(=O)/C=C/c1cccs1.CCCCC(=O)/C(=C/c1ccc(O)c(C)c1)NC(=O)/C=C/c1ccc(Cl)cc1.CCCCC(=O)/C(=C/c1ccc(O)c(C)c1)NC(=O)/C=C/c1ccccc1. The molecule has 1 heterocycles. The summed E-state index contributed by atoms with van der Waals surface area (Å²) >= 11 is 7.41. The van der Waals surface area contributed by atoms with Crippen LogP contribution in [0.25, 0.3) is 48.6 Å². The Labute approximate surface area is 640 Å². The van der Waals surface area contributed by atoms with Crippen molar-refractivity contribution >= 4 is 118 Å². The maximum Gasteiger partial charge on any atom is 0.248 e. The molecule has 0 fully saturated rings. The van der Waals surface area contributed by atoms with Gasteiger partial charge in [-0.3, -0.25) is 38.4 Å². The number of halogens is 1. The van der Waals surface area contributed by atoms with E-state index in [0.717, 1.165) is 106 Å². The summed E-state index contributed by atoms with van der Waals surface area (Å²) in [5, 5.41) is 32.8. The Morgan fingerprint density at radius 3 is 0.944 bits per heavy atom. The standard InChI is InChI=1S/C24H27NO2.C23H24ClNO3.C23H25NO3.C21H23NO2S/c1-4-5-6-23(26)22(17-21-13-9-19(3)10-14-21)25-24(27)16-15-20-11-7-18(2)8-12-20;1-3-4-5-22(27)20(15-18-8-12-21(26)16(2)14-18)25-23(28)13-9-17-6-10-19(24)11-7-17;1-3-4-10-22(26)20(16-19-11-13-21(25)17(2)15-19)24-23(27)14-12-18-8-6-5-7-9-18;1-3-4-7-20(23)19(15-17-10-8-16(2)9-11-17)22-21(24)13-12-18-6-5-14-25-18/h7-17H,4-6H2,1-3H3,(H,25,27);6-15,26H,3-5H2,1-2H3,(H,25,28);5-9,11-16,25H,3-4,10H2,1-2H3,(H,24,27);5-6,8-15H,3-4,7H2,1-2H3,(H,22,24)/b16-15+,22-17-;13-9+,20-15-;14-12+,20-16-;13-12+,19-15-. The van der Waals surface area contributed by atoms with Crippen LogP contribution in [0.4, 0.5) is 0 Å². The van der Waals surface area contributed by atoms with Gasteiger partial charge in [-0.05, 0) is 207 Å². The number of phenolic OH excluding ortho intramolecular Hbond substituents is 2. The van der Waals surface area contributed by atoms with Crippen molar-refractivity contribution in [1.82, 2.24) is 21.3 Å². The van der Waals surface area contributed by atoms with Gasteiger partial charge in [0, 0.05) is 59.9 Å². The molecule has 14 nitrogen and oxygen atoms in total. The van der Waals surface area contributed by atoms with Crippen LogP contribution >= 0.6 is 22.9 Å². The minimum Gasteiger partial charge on any atom is -0.508 e. The summed E-state index contributed by atoms with van der Waals surface area (Å²) < 4.78 is 0. The van der Waals surface area contributed by atoms with Crippen molar-refractivity contribution in [3.05, 3.63) is 305 Å². The van der Waals surface area contributed by atoms with Gasteiger partial charge in [0.25, 0.3) is 0 Å². The molecular weight excluding hydrogens is 1380 g/mol. The van der Waals surface area contributed by atoms with E-state index in [4.69, 9.17) is 11.6 Å². The lowest BCUT2D eigenvalue weighted by atomic mass is 10.1. The molecule has 0 bridgehead atoms. The first-order chi connectivity index (χ1) is 51.4. The quantitative estimate of drug-likeness (QED) is 0.0219. The van der Waals surface area contributed by atoms with Crippen molar-refractivity contribution in [3.8, 4) is 11.5 Å². The summed E-state index contributed by atoms with van der Waals surface area (Å²) in [7, 11) is 0. The number of unbranched alkanes of at least 4 members (excludes halogenated alkanes) is 4. The van der Waals surface area contributed by atoms with E-state index in [0.29, 0.717) is 53.2 Å². The Balaban J connectivity index is 0.000000256. The molecule has 0 unspecified atom stereocenters. The largest absolute Gasteiger partial charge is 0.508 e. The topological polar surface area (TPSA) is 225 Å². The fourth-order valence-electron chi connectivity index (χ4n) is 9.73. The van der Waals surface area contributed by atoms with Gasteiger partial charge < -0.3 is 31.5 Å². The second-order valence-corrected chi connectivity index (χ2v) is 26.8. The number of amides is 4. The second-order valence-electron chi connectivity index (χ2n) is 25.4. The van der Waals surface area contributed by atoms with Crippen LogP contribution in [0.15, 0.2) is 228 Å². The van der Waals surface area contributed by atoms with Gasteiger partial charge in [-0.15, -0.1) is 11.3 Å². The summed E-state index contributed by atoms with van der Waals surface area (Å²) in [6.07, 6.45) is 27.7. The number of aromatic hydroxyl groups is 2. The van der Waals surface area contributed by atoms with Crippen LogP contribution in [-0.4, -0.2) is 57.0 Å². The minimum atomic E-state index is -0.387. The lowest BCUT2D eigenvalue weighted by molar-refractivity contribution is -0.120. The first kappa shape index (κ1) is 86.3. The highest BCUT2D eigenvalue weighted by Crippen LogP contribution is 2.23. The number of hydrogen-bond acceptors (Lipinski definition) is 11. The zero-order chi connectivity index (χ0) is 77.9. The van der Waals surface area contributed by atoms with Gasteiger partial charge in [0.15, 0.2) is 23.1 Å². The van der Waals surface area contributed by atoms with E-state index in [1.54, 1.807) is 134 Å². The fourth-order valence-corrected chi connectivity index (χ4v) is 10.5. The molecule has 7 aromatic carbocycles. The van der Waals surface area contributed by atoms with E-state index >= 15 is 0 Å². The first-order valence-electron chi connectivity index (χ1n) is 36.0. The third-order valence-electron chi connectivity index (χ3n) is 16.1. The first-order valence-corrected chi connectivity index (χ1v) is 37.3. The smallest absolute Gasteiger partial charge is 0.248 e. The summed E-state index contributed by atoms with van der Waals surface area (Å²) in [4.78, 5) is 100. The molecule has 556 valence electrons. The molecule has 1 aromatic heterocycles. The maximum absolute atomic E-state index is 12.5. The molecule has 0 radical (unpaired) electrons. The van der Waals surface area contributed by atoms with Gasteiger partial charge in [0.2, 0.25) is 23.6 Å². The van der Waals surface area contributed by atoms with Crippen LogP contribution in [0.5, 0.6) is 11.5 Å². The number of hydrogen-bond donors (Lipinski definition) is 6. The predicted molar refractivity (Wildman–Crippen MR) is 440 cm³/mol. The molecule has 0 saturated heterocycles. The van der Waals surface area contributed by atoms with Crippen molar-refractivity contribution in [1.29, 1.82) is 0 Å². The summed E-state index contributed by atoms with van der Waals surface area (Å²) in [5.74, 6) is -1.28. The van der Waals surface area contributed by atoms with Crippen molar-refractivity contribution < 1.29 is 48.6 Å². The molecule has 107 heavy (non-hydrogen) atoms. The van der Waals surface area contributed by atoms with Crippen molar-refractivity contribution in [3.63, 3.8) is 0 Å². The van der Waals surface area contributed by atoms with E-state index in [1.165, 1.54) is 29.9 Å². The number of ketones is 4. The van der Waals surface area contributed by atoms with Gasteiger partial charge in [-0.2, -0.15) is 0 Å². The van der Waals surface area contributed by atoms with Gasteiger partial charge in [0.1, 0.15) is 11.5 Å². The molecule has 0 aliphatic heterocycles. The van der Waals surface area contributed by atoms with Gasteiger partial charge >= 0.3 is 0 Å². The number of Topliss-reactive ketones (excluding diaryl/α,β-unsaturated/α-hetero) is 4. The number of phenols is 2. The second kappa shape index (κ2) is 47.9. The summed E-state index contributed by atoms with van der Waals surface area (Å²) in [6, 6.07) is 54.1. The monoisotopic (exact) mass is 1470 g/mol. The highest BCUT2D eigenvalue weighted by atomic mass is 35.5.